The quantitative estimate of drug-likeness (QED) is 0.625. The van der Waals surface area contributed by atoms with Crippen LogP contribution < -0.4 is 14.8 Å². The molecule has 1 heterocycles. The number of methoxy groups -OCH3 is 1. The summed E-state index contributed by atoms with van der Waals surface area (Å²) in [5.74, 6) is 1.44. The number of anilines is 1. The Hall–Kier alpha value is -2.99. The first-order valence-corrected chi connectivity index (χ1v) is 9.76. The van der Waals surface area contributed by atoms with E-state index in [0.717, 1.165) is 17.5 Å². The van der Waals surface area contributed by atoms with Crippen molar-refractivity contribution < 1.29 is 14.3 Å². The van der Waals surface area contributed by atoms with E-state index in [0.29, 0.717) is 28.8 Å². The average molecular weight is 412 g/mol. The van der Waals surface area contributed by atoms with Crippen LogP contribution in [0, 0.1) is 5.92 Å². The van der Waals surface area contributed by atoms with Gasteiger partial charge in [-0.15, -0.1) is 0 Å². The maximum Gasteiger partial charge on any atom is 0.228 e. The number of hydrogen-bond donors (Lipinski definition) is 1. The monoisotopic (exact) mass is 411 g/mol. The molecule has 7 heteroatoms. The predicted molar refractivity (Wildman–Crippen MR) is 111 cm³/mol. The van der Waals surface area contributed by atoms with Crippen molar-refractivity contribution in [1.82, 2.24) is 9.78 Å². The molecule has 1 N–H and O–H groups in total. The van der Waals surface area contributed by atoms with Crippen LogP contribution in [0.5, 0.6) is 11.5 Å². The second-order valence-electron chi connectivity index (χ2n) is 7.17. The molecule has 150 valence electrons. The van der Waals surface area contributed by atoms with Gasteiger partial charge < -0.3 is 14.8 Å². The minimum Gasteiger partial charge on any atom is -0.493 e. The van der Waals surface area contributed by atoms with E-state index in [9.17, 15) is 4.79 Å². The fraction of sp³-hybridized carbons (Fsp3) is 0.273. The Labute approximate surface area is 174 Å². The van der Waals surface area contributed by atoms with Crippen LogP contribution in [0.25, 0.3) is 0 Å². The van der Waals surface area contributed by atoms with Crippen molar-refractivity contribution in [2.45, 2.75) is 18.9 Å². The Morgan fingerprint density at radius 3 is 2.86 bits per heavy atom. The van der Waals surface area contributed by atoms with E-state index in [-0.39, 0.29) is 17.7 Å². The van der Waals surface area contributed by atoms with Crippen LogP contribution in [0.4, 0.5) is 5.69 Å². The third-order valence-corrected chi connectivity index (χ3v) is 5.22. The molecule has 1 aliphatic carbocycles. The summed E-state index contributed by atoms with van der Waals surface area (Å²) in [5, 5.41) is 7.69. The van der Waals surface area contributed by atoms with Crippen molar-refractivity contribution in [3.05, 3.63) is 71.0 Å². The Morgan fingerprint density at radius 2 is 2.14 bits per heavy atom. The molecule has 0 aliphatic heterocycles. The molecule has 1 aromatic heterocycles. The minimum atomic E-state index is -0.0615. The van der Waals surface area contributed by atoms with Gasteiger partial charge in [0.05, 0.1) is 13.3 Å². The number of ether oxygens (including phenoxy) is 2. The van der Waals surface area contributed by atoms with Crippen LogP contribution >= 0.6 is 11.6 Å². The summed E-state index contributed by atoms with van der Waals surface area (Å²) in [6.45, 7) is 0.400. The largest absolute Gasteiger partial charge is 0.493 e. The van der Waals surface area contributed by atoms with Crippen molar-refractivity contribution in [2.75, 3.05) is 12.4 Å². The van der Waals surface area contributed by atoms with Crippen molar-refractivity contribution >= 4 is 23.2 Å². The number of nitrogens with zero attached hydrogens (tertiary/aromatic N) is 2. The van der Waals surface area contributed by atoms with Gasteiger partial charge in [-0.25, -0.2) is 0 Å². The number of carbonyl (C=O) groups excluding carboxylic acids is 1. The fourth-order valence-electron chi connectivity index (χ4n) is 3.40. The van der Waals surface area contributed by atoms with Crippen molar-refractivity contribution in [1.29, 1.82) is 0 Å². The van der Waals surface area contributed by atoms with Gasteiger partial charge in [0.25, 0.3) is 0 Å². The number of carbonyl (C=O) groups is 1. The van der Waals surface area contributed by atoms with Gasteiger partial charge in [0.15, 0.2) is 11.5 Å². The van der Waals surface area contributed by atoms with Gasteiger partial charge >= 0.3 is 0 Å². The highest BCUT2D eigenvalue weighted by molar-refractivity contribution is 6.30. The first-order chi connectivity index (χ1) is 14.0. The lowest BCUT2D eigenvalue weighted by atomic mass is 10.1. The summed E-state index contributed by atoms with van der Waals surface area (Å²) in [7, 11) is 3.48. The highest BCUT2D eigenvalue weighted by Crippen LogP contribution is 2.49. The number of nitrogens with one attached hydrogen (secondary N) is 1. The molecular weight excluding hydrogens is 390 g/mol. The van der Waals surface area contributed by atoms with E-state index in [4.69, 9.17) is 21.1 Å². The Morgan fingerprint density at radius 1 is 1.28 bits per heavy atom. The normalized spacial score (nSPS) is 17.6. The Balaban J connectivity index is 1.43. The summed E-state index contributed by atoms with van der Waals surface area (Å²) >= 11 is 5.99. The summed E-state index contributed by atoms with van der Waals surface area (Å²) in [5.41, 5.74) is 2.76. The van der Waals surface area contributed by atoms with Gasteiger partial charge in [0.2, 0.25) is 5.91 Å². The van der Waals surface area contributed by atoms with Gasteiger partial charge in [0, 0.05) is 35.4 Å². The highest BCUT2D eigenvalue weighted by atomic mass is 35.5. The van der Waals surface area contributed by atoms with Crippen molar-refractivity contribution in [2.24, 2.45) is 13.0 Å². The number of aryl methyl sites for hydroxylation is 1. The molecule has 1 saturated carbocycles. The number of hydrogen-bond acceptors (Lipinski definition) is 4. The molecule has 29 heavy (non-hydrogen) atoms. The van der Waals surface area contributed by atoms with E-state index in [2.05, 4.69) is 10.4 Å². The smallest absolute Gasteiger partial charge is 0.228 e. The SMILES string of the molecule is COc1ccc(C2CC2C(=O)Nc2cccc(Cl)c2)cc1OCc1cnn(C)c1. The standard InChI is InChI=1S/C22H22ClN3O3/c1-26-12-14(11-24-26)13-29-21-8-15(6-7-20(21)28-2)18-10-19(18)22(27)25-17-5-3-4-16(23)9-17/h3-9,11-12,18-19H,10,13H2,1-2H3,(H,25,27). The molecule has 6 nitrogen and oxygen atoms in total. The summed E-state index contributed by atoms with van der Waals surface area (Å²) < 4.78 is 13.1. The van der Waals surface area contributed by atoms with E-state index < -0.39 is 0 Å². The lowest BCUT2D eigenvalue weighted by Gasteiger charge is -2.12. The molecule has 0 bridgehead atoms. The lowest BCUT2D eigenvalue weighted by molar-refractivity contribution is -0.117. The highest BCUT2D eigenvalue weighted by Gasteiger charge is 2.44. The van der Waals surface area contributed by atoms with E-state index >= 15 is 0 Å². The van der Waals surface area contributed by atoms with Crippen LogP contribution in [0.1, 0.15) is 23.5 Å². The predicted octanol–water partition coefficient (Wildman–Crippen LogP) is 4.40. The third kappa shape index (κ3) is 4.54. The molecular formula is C22H22ClN3O3. The van der Waals surface area contributed by atoms with E-state index in [1.165, 1.54) is 0 Å². The molecule has 1 amide bonds. The molecule has 1 fully saturated rings. The minimum absolute atomic E-state index is 0.00548. The zero-order chi connectivity index (χ0) is 20.4. The van der Waals surface area contributed by atoms with Crippen LogP contribution in [0.3, 0.4) is 0 Å². The molecule has 1 aliphatic rings. The van der Waals surface area contributed by atoms with Crippen LogP contribution in [-0.4, -0.2) is 22.8 Å². The zero-order valence-electron chi connectivity index (χ0n) is 16.3. The molecule has 0 radical (unpaired) electrons. The van der Waals surface area contributed by atoms with Crippen LogP contribution in [-0.2, 0) is 18.4 Å². The number of aromatic nitrogens is 2. The molecule has 4 rings (SSSR count). The summed E-state index contributed by atoms with van der Waals surface area (Å²) in [6, 6.07) is 13.0. The molecule has 3 aromatic rings. The summed E-state index contributed by atoms with van der Waals surface area (Å²) in [6.07, 6.45) is 4.49. The second kappa shape index (κ2) is 8.17. The Kier molecular flexibility index (Phi) is 5.45. The maximum atomic E-state index is 12.6. The van der Waals surface area contributed by atoms with Crippen molar-refractivity contribution in [3.8, 4) is 11.5 Å². The van der Waals surface area contributed by atoms with Crippen LogP contribution in [0.15, 0.2) is 54.9 Å². The topological polar surface area (TPSA) is 65.4 Å². The Bertz CT molecular complexity index is 1030. The first-order valence-electron chi connectivity index (χ1n) is 9.38. The molecule has 2 aromatic carbocycles. The number of halogens is 1. The number of rotatable bonds is 7. The van der Waals surface area contributed by atoms with Crippen LogP contribution in [0.2, 0.25) is 5.02 Å². The molecule has 0 spiro atoms. The van der Waals surface area contributed by atoms with Gasteiger partial charge in [-0.1, -0.05) is 23.7 Å². The van der Waals surface area contributed by atoms with E-state index in [1.54, 1.807) is 30.1 Å². The molecule has 0 saturated heterocycles. The van der Waals surface area contributed by atoms with Gasteiger partial charge in [-0.2, -0.15) is 5.10 Å². The fourth-order valence-corrected chi connectivity index (χ4v) is 3.59. The van der Waals surface area contributed by atoms with Crippen molar-refractivity contribution in [3.63, 3.8) is 0 Å². The van der Waals surface area contributed by atoms with E-state index in [1.807, 2.05) is 43.6 Å². The van der Waals surface area contributed by atoms with Gasteiger partial charge in [0.1, 0.15) is 6.61 Å². The average Bonchev–Trinajstić information content (AvgIpc) is 3.41. The van der Waals surface area contributed by atoms with Gasteiger partial charge in [-0.3, -0.25) is 9.48 Å². The number of amides is 1. The van der Waals surface area contributed by atoms with Gasteiger partial charge in [-0.05, 0) is 48.2 Å². The maximum absolute atomic E-state index is 12.6. The first kappa shape index (κ1) is 19.3. The zero-order valence-corrected chi connectivity index (χ0v) is 17.0. The molecule has 2 atom stereocenters. The molecule has 2 unspecified atom stereocenters. The second-order valence-corrected chi connectivity index (χ2v) is 7.61. The number of benzene rings is 2. The third-order valence-electron chi connectivity index (χ3n) is 4.99. The lowest BCUT2D eigenvalue weighted by Crippen LogP contribution is -2.14. The summed E-state index contributed by atoms with van der Waals surface area (Å²) in [4.78, 5) is 12.6.